The topological polar surface area (TPSA) is 103 Å². The molecule has 1 aromatic rings. The Morgan fingerprint density at radius 2 is 1.60 bits per heavy atom. The molecular formula is C22H32N2O6. The number of benzene rings is 1. The van der Waals surface area contributed by atoms with Gasteiger partial charge < -0.3 is 19.6 Å². The van der Waals surface area contributed by atoms with Crippen LogP contribution >= 0.6 is 0 Å². The van der Waals surface area contributed by atoms with Gasteiger partial charge in [-0.3, -0.25) is 0 Å². The molecule has 8 nitrogen and oxygen atoms in total. The van der Waals surface area contributed by atoms with Crippen molar-refractivity contribution >= 4 is 23.8 Å². The van der Waals surface area contributed by atoms with Crippen molar-refractivity contribution in [2.45, 2.75) is 71.6 Å². The van der Waals surface area contributed by atoms with Crippen LogP contribution in [0.1, 0.15) is 59.9 Å². The van der Waals surface area contributed by atoms with E-state index in [9.17, 15) is 14.4 Å². The highest BCUT2D eigenvalue weighted by Gasteiger charge is 2.28. The van der Waals surface area contributed by atoms with E-state index in [1.807, 2.05) is 6.07 Å². The summed E-state index contributed by atoms with van der Waals surface area (Å²) < 4.78 is 10.6. The molecule has 0 heterocycles. The zero-order valence-electron chi connectivity index (χ0n) is 18.5. The minimum Gasteiger partial charge on any atom is -0.458 e. The molecule has 0 aliphatic heterocycles. The summed E-state index contributed by atoms with van der Waals surface area (Å²) in [6.07, 6.45) is 0.0502. The predicted octanol–water partition coefficient (Wildman–Crippen LogP) is 3.40. The van der Waals surface area contributed by atoms with Crippen molar-refractivity contribution in [1.29, 1.82) is 0 Å². The maximum absolute atomic E-state index is 12.5. The summed E-state index contributed by atoms with van der Waals surface area (Å²) in [4.78, 5) is 40.9. The smallest absolute Gasteiger partial charge is 0.408 e. The Hall–Kier alpha value is -2.83. The summed E-state index contributed by atoms with van der Waals surface area (Å²) in [6, 6.07) is 7.97. The molecule has 1 rings (SSSR count). The van der Waals surface area contributed by atoms with E-state index in [-0.39, 0.29) is 12.2 Å². The fraction of sp³-hybridized carbons (Fsp3) is 0.545. The van der Waals surface area contributed by atoms with E-state index in [4.69, 9.17) is 14.3 Å². The van der Waals surface area contributed by atoms with Gasteiger partial charge in [-0.15, -0.1) is 0 Å². The molecule has 0 bridgehead atoms. The molecule has 0 aliphatic carbocycles. The lowest BCUT2D eigenvalue weighted by molar-refractivity contribution is -0.157. The van der Waals surface area contributed by atoms with Gasteiger partial charge in [0.25, 0.3) is 0 Å². The van der Waals surface area contributed by atoms with Gasteiger partial charge in [-0.25, -0.2) is 14.4 Å². The minimum absolute atomic E-state index is 0.0335. The molecule has 0 aliphatic rings. The van der Waals surface area contributed by atoms with Gasteiger partial charge in [-0.05, 0) is 54.4 Å². The lowest BCUT2D eigenvalue weighted by Gasteiger charge is -2.26. The third kappa shape index (κ3) is 10.6. The molecule has 0 spiro atoms. The first kappa shape index (κ1) is 25.2. The number of nitrogens with one attached hydrogen (secondary N) is 2. The van der Waals surface area contributed by atoms with E-state index in [0.717, 1.165) is 0 Å². The van der Waals surface area contributed by atoms with E-state index >= 15 is 0 Å². The van der Waals surface area contributed by atoms with Crippen molar-refractivity contribution in [1.82, 2.24) is 10.8 Å². The molecule has 0 saturated heterocycles. The lowest BCUT2D eigenvalue weighted by Crippen LogP contribution is -2.46. The van der Waals surface area contributed by atoms with Crippen molar-refractivity contribution in [2.75, 3.05) is 6.54 Å². The molecule has 1 amide bonds. The summed E-state index contributed by atoms with van der Waals surface area (Å²) in [5.41, 5.74) is 1.89. The molecule has 0 radical (unpaired) electrons. The van der Waals surface area contributed by atoms with Gasteiger partial charge in [0.2, 0.25) is 5.76 Å². The van der Waals surface area contributed by atoms with Crippen LogP contribution < -0.4 is 10.8 Å². The van der Waals surface area contributed by atoms with Crippen molar-refractivity contribution in [3.8, 4) is 0 Å². The van der Waals surface area contributed by atoms with Gasteiger partial charge in [0.15, 0.2) is 5.94 Å². The number of hydrogen-bond donors (Lipinski definition) is 2. The average molecular weight is 421 g/mol. The number of amides is 1. The van der Waals surface area contributed by atoms with Crippen LogP contribution in [0.3, 0.4) is 0 Å². The SMILES string of the molecule is CC(C)(C)OC(=O)N[C@@H](CCCNOC(=C=O)c1ccccc1)C(=O)OC(C)(C)C. The molecule has 0 unspecified atom stereocenters. The number of carbonyl (C=O) groups is 2. The molecule has 2 N–H and O–H groups in total. The highest BCUT2D eigenvalue weighted by molar-refractivity contribution is 5.83. The molecule has 30 heavy (non-hydrogen) atoms. The first-order valence-electron chi connectivity index (χ1n) is 9.84. The van der Waals surface area contributed by atoms with Crippen LogP contribution in [-0.2, 0) is 23.9 Å². The first-order chi connectivity index (χ1) is 13.9. The Balaban J connectivity index is 2.59. The van der Waals surface area contributed by atoms with Crippen molar-refractivity contribution in [2.24, 2.45) is 0 Å². The van der Waals surface area contributed by atoms with Gasteiger partial charge >= 0.3 is 12.1 Å². The van der Waals surface area contributed by atoms with Crippen LogP contribution in [0.2, 0.25) is 0 Å². The van der Waals surface area contributed by atoms with Gasteiger partial charge in [-0.2, -0.15) is 5.48 Å². The molecule has 1 aromatic carbocycles. The fourth-order valence-electron chi connectivity index (χ4n) is 2.30. The third-order valence-electron chi connectivity index (χ3n) is 3.46. The zero-order valence-corrected chi connectivity index (χ0v) is 18.5. The largest absolute Gasteiger partial charge is 0.458 e. The van der Waals surface area contributed by atoms with Gasteiger partial charge in [0, 0.05) is 12.1 Å². The third-order valence-corrected chi connectivity index (χ3v) is 3.46. The number of alkyl carbamates (subject to hydrolysis) is 1. The maximum atomic E-state index is 12.5. The predicted molar refractivity (Wildman–Crippen MR) is 113 cm³/mol. The number of esters is 1. The molecular weight excluding hydrogens is 388 g/mol. The second-order valence-corrected chi connectivity index (χ2v) is 8.67. The minimum atomic E-state index is -0.879. The number of ether oxygens (including phenoxy) is 2. The quantitative estimate of drug-likeness (QED) is 0.207. The van der Waals surface area contributed by atoms with Crippen molar-refractivity contribution in [3.63, 3.8) is 0 Å². The van der Waals surface area contributed by atoms with Crippen molar-refractivity contribution < 1.29 is 28.7 Å². The van der Waals surface area contributed by atoms with Crippen LogP contribution in [-0.4, -0.2) is 41.8 Å². The fourth-order valence-corrected chi connectivity index (χ4v) is 2.30. The number of rotatable bonds is 9. The number of hydrogen-bond acceptors (Lipinski definition) is 7. The summed E-state index contributed by atoms with van der Waals surface area (Å²) in [6.45, 7) is 10.8. The summed E-state index contributed by atoms with van der Waals surface area (Å²) >= 11 is 0. The highest BCUT2D eigenvalue weighted by Crippen LogP contribution is 2.13. The molecule has 0 fully saturated rings. The van der Waals surface area contributed by atoms with E-state index in [1.54, 1.807) is 71.7 Å². The van der Waals surface area contributed by atoms with E-state index < -0.39 is 29.3 Å². The molecule has 1 atom stereocenters. The molecule has 0 aromatic heterocycles. The van der Waals surface area contributed by atoms with Crippen LogP contribution in [0.25, 0.3) is 5.76 Å². The van der Waals surface area contributed by atoms with E-state index in [1.165, 1.54) is 0 Å². The van der Waals surface area contributed by atoms with Crippen LogP contribution in [0.5, 0.6) is 0 Å². The number of carbonyl (C=O) groups excluding carboxylic acids is 3. The Labute approximate surface area is 177 Å². The molecule has 8 heteroatoms. The van der Waals surface area contributed by atoms with Gasteiger partial charge in [-0.1, -0.05) is 30.3 Å². The summed E-state index contributed by atoms with van der Waals surface area (Å²) in [5, 5.41) is 2.56. The van der Waals surface area contributed by atoms with Crippen LogP contribution in [0.15, 0.2) is 30.3 Å². The van der Waals surface area contributed by atoms with Gasteiger partial charge in [0.1, 0.15) is 17.2 Å². The monoisotopic (exact) mass is 420 g/mol. The van der Waals surface area contributed by atoms with Gasteiger partial charge in [0.05, 0.1) is 0 Å². The highest BCUT2D eigenvalue weighted by atomic mass is 16.6. The normalized spacial score (nSPS) is 12.3. The summed E-state index contributed by atoms with van der Waals surface area (Å²) in [7, 11) is 0. The van der Waals surface area contributed by atoms with E-state index in [2.05, 4.69) is 10.8 Å². The molecule has 0 saturated carbocycles. The Morgan fingerprint density at radius 1 is 1.00 bits per heavy atom. The standard InChI is InChI=1S/C22H32N2O6/c1-21(2,3)28-19(26)17(24-20(27)29-22(4,5)6)13-10-14-23-30-18(15-25)16-11-8-7-9-12-16/h7-9,11-12,17,23H,10,13-14H2,1-6H3,(H,24,27)/t17-/m0/s1. The Morgan fingerprint density at radius 3 is 2.13 bits per heavy atom. The van der Waals surface area contributed by atoms with Crippen molar-refractivity contribution in [3.05, 3.63) is 35.9 Å². The van der Waals surface area contributed by atoms with E-state index in [0.29, 0.717) is 18.5 Å². The lowest BCUT2D eigenvalue weighted by atomic mass is 10.1. The maximum Gasteiger partial charge on any atom is 0.408 e. The zero-order chi connectivity index (χ0) is 22.8. The van der Waals surface area contributed by atoms with Crippen LogP contribution in [0.4, 0.5) is 4.79 Å². The van der Waals surface area contributed by atoms with Crippen LogP contribution in [0, 0.1) is 0 Å². The number of hydroxylamine groups is 1. The Bertz CT molecular complexity index is 743. The molecule has 166 valence electrons. The first-order valence-corrected chi connectivity index (χ1v) is 9.84. The second-order valence-electron chi connectivity index (χ2n) is 8.67. The second kappa shape index (κ2) is 11.4. The summed E-state index contributed by atoms with van der Waals surface area (Å²) in [5.74, 6) is 1.23. The Kier molecular flexibility index (Phi) is 9.56. The average Bonchev–Trinajstić information content (AvgIpc) is 2.61.